The van der Waals surface area contributed by atoms with Gasteiger partial charge in [0.2, 0.25) is 0 Å². The smallest absolute Gasteiger partial charge is 0.277 e. The van der Waals surface area contributed by atoms with E-state index >= 15 is 0 Å². The van der Waals surface area contributed by atoms with Crippen molar-refractivity contribution in [1.29, 1.82) is 0 Å². The molecule has 2 rings (SSSR count). The van der Waals surface area contributed by atoms with Crippen molar-refractivity contribution in [1.82, 2.24) is 10.3 Å². The van der Waals surface area contributed by atoms with E-state index in [-0.39, 0.29) is 0 Å². The summed E-state index contributed by atoms with van der Waals surface area (Å²) in [7, 11) is 0. The van der Waals surface area contributed by atoms with Gasteiger partial charge in [0.25, 0.3) is 11.8 Å². The molecule has 0 saturated heterocycles. The van der Waals surface area contributed by atoms with E-state index in [1.807, 2.05) is 0 Å². The first-order valence-corrected chi connectivity index (χ1v) is 5.73. The number of hydrogen-bond acceptors (Lipinski definition) is 3. The number of carbonyl (C=O) groups excluding carboxylic acids is 1. The van der Waals surface area contributed by atoms with Gasteiger partial charge >= 0.3 is 0 Å². The number of aromatic nitrogens is 1. The molecule has 0 atom stereocenters. The van der Waals surface area contributed by atoms with Gasteiger partial charge < -0.3 is 11.1 Å². The Kier molecular flexibility index (Phi) is 3.71. The zero-order chi connectivity index (χ0) is 13.9. The Bertz CT molecular complexity index is 596. The lowest BCUT2D eigenvalue weighted by Gasteiger charge is -2.15. The predicted octanol–water partition coefficient (Wildman–Crippen LogP) is 1.56. The molecule has 2 aromatic rings. The number of hydrogen-bond donors (Lipinski definition) is 2. The lowest BCUT2D eigenvalue weighted by Crippen LogP contribution is -2.41. The minimum atomic E-state index is -3.10. The van der Waals surface area contributed by atoms with E-state index in [2.05, 4.69) is 10.3 Å². The summed E-state index contributed by atoms with van der Waals surface area (Å²) in [6, 6.07) is 8.52. The van der Waals surface area contributed by atoms with Crippen LogP contribution in [0.1, 0.15) is 10.4 Å². The Morgan fingerprint density at radius 3 is 2.79 bits per heavy atom. The summed E-state index contributed by atoms with van der Waals surface area (Å²) in [5, 5.41) is 2.81. The topological polar surface area (TPSA) is 68.0 Å². The zero-order valence-electron chi connectivity index (χ0n) is 10.1. The Morgan fingerprint density at radius 1 is 1.32 bits per heavy atom. The first-order chi connectivity index (χ1) is 9.03. The van der Waals surface area contributed by atoms with Gasteiger partial charge in [0, 0.05) is 11.6 Å². The normalized spacial score (nSPS) is 11.5. The average molecular weight is 265 g/mol. The quantitative estimate of drug-likeness (QED) is 0.881. The highest BCUT2D eigenvalue weighted by atomic mass is 19.3. The molecule has 0 aliphatic rings. The molecule has 1 aromatic heterocycles. The second kappa shape index (κ2) is 5.27. The molecule has 6 heteroatoms. The van der Waals surface area contributed by atoms with Crippen molar-refractivity contribution in [2.45, 2.75) is 5.92 Å². The van der Waals surface area contributed by atoms with Crippen LogP contribution in [-0.2, 0) is 0 Å². The number of fused-ring (bicyclic) bond motifs is 1. The van der Waals surface area contributed by atoms with Crippen molar-refractivity contribution in [2.75, 3.05) is 13.1 Å². The van der Waals surface area contributed by atoms with E-state index in [9.17, 15) is 13.6 Å². The van der Waals surface area contributed by atoms with Crippen molar-refractivity contribution in [3.05, 3.63) is 42.1 Å². The molecule has 0 aliphatic carbocycles. The number of rotatable bonds is 4. The predicted molar refractivity (Wildman–Crippen MR) is 68.1 cm³/mol. The van der Waals surface area contributed by atoms with Crippen molar-refractivity contribution in [3.63, 3.8) is 0 Å². The molecule has 3 N–H and O–H groups in total. The van der Waals surface area contributed by atoms with Gasteiger partial charge in [-0.1, -0.05) is 18.2 Å². The van der Waals surface area contributed by atoms with E-state index in [1.54, 1.807) is 24.3 Å². The maximum absolute atomic E-state index is 13.0. The Balaban J connectivity index is 2.23. The number of nitrogens with zero attached hydrogens (tertiary/aromatic N) is 1. The van der Waals surface area contributed by atoms with Crippen molar-refractivity contribution < 1.29 is 13.6 Å². The molecule has 0 fully saturated rings. The van der Waals surface area contributed by atoms with Crippen molar-refractivity contribution in [3.8, 4) is 0 Å². The molecule has 0 bridgehead atoms. The summed E-state index contributed by atoms with van der Waals surface area (Å²) >= 11 is 0. The SMILES string of the molecule is NCC(F)(F)CNC(=O)c1ccnc2ccccc12. The molecule has 0 spiro atoms. The van der Waals surface area contributed by atoms with Gasteiger partial charge in [-0.25, -0.2) is 8.78 Å². The zero-order valence-corrected chi connectivity index (χ0v) is 10.1. The number of para-hydroxylation sites is 1. The van der Waals surface area contributed by atoms with Gasteiger partial charge in [-0.15, -0.1) is 0 Å². The van der Waals surface area contributed by atoms with Gasteiger partial charge in [0.1, 0.15) is 0 Å². The summed E-state index contributed by atoms with van der Waals surface area (Å²) in [4.78, 5) is 16.0. The number of nitrogens with one attached hydrogen (secondary N) is 1. The van der Waals surface area contributed by atoms with E-state index in [0.717, 1.165) is 0 Å². The first kappa shape index (κ1) is 13.4. The second-order valence-corrected chi connectivity index (χ2v) is 4.12. The minimum Gasteiger partial charge on any atom is -0.346 e. The Hall–Kier alpha value is -2.08. The van der Waals surface area contributed by atoms with Crippen LogP contribution in [-0.4, -0.2) is 29.9 Å². The summed E-state index contributed by atoms with van der Waals surface area (Å²) in [5.74, 6) is -3.66. The molecule has 4 nitrogen and oxygen atoms in total. The molecule has 1 heterocycles. The molecular weight excluding hydrogens is 252 g/mol. The molecule has 0 radical (unpaired) electrons. The van der Waals surface area contributed by atoms with Crippen LogP contribution in [0.25, 0.3) is 10.9 Å². The molecular formula is C13H13F2N3O. The van der Waals surface area contributed by atoms with Crippen LogP contribution in [0.4, 0.5) is 8.78 Å². The van der Waals surface area contributed by atoms with E-state index < -0.39 is 24.9 Å². The number of carbonyl (C=O) groups is 1. The fourth-order valence-corrected chi connectivity index (χ4v) is 1.67. The molecule has 0 unspecified atom stereocenters. The summed E-state index contributed by atoms with van der Waals surface area (Å²) < 4.78 is 26.0. The molecule has 0 aliphatic heterocycles. The summed E-state index contributed by atoms with van der Waals surface area (Å²) in [5.41, 5.74) is 5.87. The van der Waals surface area contributed by atoms with Crippen LogP contribution in [0.2, 0.25) is 0 Å². The third-order valence-corrected chi connectivity index (χ3v) is 2.70. The maximum Gasteiger partial charge on any atom is 0.277 e. The maximum atomic E-state index is 13.0. The lowest BCUT2D eigenvalue weighted by atomic mass is 10.1. The van der Waals surface area contributed by atoms with Crippen LogP contribution in [0.3, 0.4) is 0 Å². The van der Waals surface area contributed by atoms with Crippen molar-refractivity contribution in [2.24, 2.45) is 5.73 Å². The number of nitrogens with two attached hydrogens (primary N) is 1. The number of alkyl halides is 2. The van der Waals surface area contributed by atoms with E-state index in [0.29, 0.717) is 16.5 Å². The first-order valence-electron chi connectivity index (χ1n) is 5.73. The highest BCUT2D eigenvalue weighted by Crippen LogP contribution is 2.16. The second-order valence-electron chi connectivity index (χ2n) is 4.12. The van der Waals surface area contributed by atoms with Gasteiger partial charge in [-0.05, 0) is 12.1 Å². The highest BCUT2D eigenvalue weighted by molar-refractivity contribution is 6.05. The minimum absolute atomic E-state index is 0.318. The monoisotopic (exact) mass is 265 g/mol. The average Bonchev–Trinajstić information content (AvgIpc) is 2.44. The molecule has 0 saturated carbocycles. The summed E-state index contributed by atoms with van der Waals surface area (Å²) in [6.07, 6.45) is 1.47. The van der Waals surface area contributed by atoms with Crippen LogP contribution in [0.5, 0.6) is 0 Å². The molecule has 1 amide bonds. The van der Waals surface area contributed by atoms with Gasteiger partial charge in [0.05, 0.1) is 24.2 Å². The standard InChI is InChI=1S/C13H13F2N3O/c14-13(15,7-16)8-18-12(19)10-5-6-17-11-4-2-1-3-9(10)11/h1-6H,7-8,16H2,(H,18,19). The largest absolute Gasteiger partial charge is 0.346 e. The van der Waals surface area contributed by atoms with E-state index in [1.165, 1.54) is 12.3 Å². The van der Waals surface area contributed by atoms with Crippen molar-refractivity contribution >= 4 is 16.8 Å². The molecule has 19 heavy (non-hydrogen) atoms. The molecule has 100 valence electrons. The summed E-state index contributed by atoms with van der Waals surface area (Å²) in [6.45, 7) is -1.58. The number of pyridine rings is 1. The fraction of sp³-hybridized carbons (Fsp3) is 0.231. The van der Waals surface area contributed by atoms with Crippen LogP contribution in [0, 0.1) is 0 Å². The van der Waals surface area contributed by atoms with Crippen LogP contribution >= 0.6 is 0 Å². The highest BCUT2D eigenvalue weighted by Gasteiger charge is 2.27. The van der Waals surface area contributed by atoms with Gasteiger partial charge in [0.15, 0.2) is 0 Å². The number of halogens is 2. The van der Waals surface area contributed by atoms with Crippen LogP contribution in [0.15, 0.2) is 36.5 Å². The van der Waals surface area contributed by atoms with Gasteiger partial charge in [-0.2, -0.15) is 0 Å². The number of amides is 1. The molecule has 1 aromatic carbocycles. The Morgan fingerprint density at radius 2 is 2.05 bits per heavy atom. The lowest BCUT2D eigenvalue weighted by molar-refractivity contribution is 0.0119. The van der Waals surface area contributed by atoms with Crippen LogP contribution < -0.4 is 11.1 Å². The third-order valence-electron chi connectivity index (χ3n) is 2.70. The number of benzene rings is 1. The Labute approximate surface area is 108 Å². The fourth-order valence-electron chi connectivity index (χ4n) is 1.67. The van der Waals surface area contributed by atoms with Gasteiger partial charge in [-0.3, -0.25) is 9.78 Å². The van der Waals surface area contributed by atoms with E-state index in [4.69, 9.17) is 5.73 Å². The third kappa shape index (κ3) is 3.03.